The minimum atomic E-state index is -1.13. The topological polar surface area (TPSA) is 81.2 Å². The van der Waals surface area contributed by atoms with Crippen LogP contribution in [0.2, 0.25) is 0 Å². The van der Waals surface area contributed by atoms with Crippen molar-refractivity contribution >= 4 is 5.97 Å². The van der Waals surface area contributed by atoms with Gasteiger partial charge < -0.3 is 14.2 Å². The summed E-state index contributed by atoms with van der Waals surface area (Å²) in [5.74, 6) is -1.31. The number of carboxylic acid groups (broad SMARTS) is 1. The average Bonchev–Trinajstić information content (AvgIpc) is 2.71. The van der Waals surface area contributed by atoms with Crippen molar-refractivity contribution in [1.82, 2.24) is 14.7 Å². The monoisotopic (exact) mass is 193 g/mol. The summed E-state index contributed by atoms with van der Waals surface area (Å²) in [7, 11) is 1.79. The molecule has 0 saturated carbocycles. The van der Waals surface area contributed by atoms with Gasteiger partial charge in [0, 0.05) is 13.1 Å². The summed E-state index contributed by atoms with van der Waals surface area (Å²) >= 11 is 0. The second kappa shape index (κ2) is 2.99. The predicted molar refractivity (Wildman–Crippen MR) is 45.7 cm³/mol. The highest BCUT2D eigenvalue weighted by Gasteiger charge is 2.13. The van der Waals surface area contributed by atoms with E-state index in [1.807, 2.05) is 0 Å². The van der Waals surface area contributed by atoms with E-state index < -0.39 is 5.97 Å². The lowest BCUT2D eigenvalue weighted by atomic mass is 10.3. The Morgan fingerprint density at radius 2 is 2.43 bits per heavy atom. The van der Waals surface area contributed by atoms with E-state index in [-0.39, 0.29) is 5.76 Å². The molecule has 0 aliphatic heterocycles. The Morgan fingerprint density at radius 3 is 2.93 bits per heavy atom. The first kappa shape index (κ1) is 8.49. The number of nitrogens with zero attached hydrogens (tertiary/aromatic N) is 3. The highest BCUT2D eigenvalue weighted by Crippen LogP contribution is 2.17. The second-order valence-corrected chi connectivity index (χ2v) is 2.77. The number of hydrogen-bond donors (Lipinski definition) is 1. The SMILES string of the molecule is Cn1cncc1-c1cc(C(=O)O)on1. The highest BCUT2D eigenvalue weighted by molar-refractivity contribution is 5.85. The molecule has 0 aliphatic rings. The van der Waals surface area contributed by atoms with Crippen molar-refractivity contribution in [2.75, 3.05) is 0 Å². The third-order valence-corrected chi connectivity index (χ3v) is 1.80. The number of carboxylic acids is 1. The molecule has 6 nitrogen and oxygen atoms in total. The first-order valence-corrected chi connectivity index (χ1v) is 3.85. The van der Waals surface area contributed by atoms with Crippen LogP contribution in [0.3, 0.4) is 0 Å². The Balaban J connectivity index is 2.43. The number of hydrogen-bond acceptors (Lipinski definition) is 4. The standard InChI is InChI=1S/C8H7N3O3/c1-11-4-9-3-6(11)5-2-7(8(12)13)14-10-5/h2-4H,1H3,(H,12,13). The molecule has 0 fully saturated rings. The smallest absolute Gasteiger partial charge is 0.374 e. The van der Waals surface area contributed by atoms with Crippen LogP contribution in [0.4, 0.5) is 0 Å². The molecular weight excluding hydrogens is 186 g/mol. The van der Waals surface area contributed by atoms with Gasteiger partial charge in [-0.15, -0.1) is 0 Å². The fourth-order valence-electron chi connectivity index (χ4n) is 1.10. The van der Waals surface area contributed by atoms with Crippen molar-refractivity contribution in [3.05, 3.63) is 24.4 Å². The molecule has 0 atom stereocenters. The maximum absolute atomic E-state index is 10.5. The van der Waals surface area contributed by atoms with Gasteiger partial charge in [-0.05, 0) is 0 Å². The fraction of sp³-hybridized carbons (Fsp3) is 0.125. The van der Waals surface area contributed by atoms with Crippen LogP contribution in [0.1, 0.15) is 10.6 Å². The number of aryl methyl sites for hydroxylation is 1. The van der Waals surface area contributed by atoms with E-state index in [1.54, 1.807) is 24.1 Å². The molecular formula is C8H7N3O3. The zero-order chi connectivity index (χ0) is 10.1. The Hall–Kier alpha value is -2.11. The van der Waals surface area contributed by atoms with Gasteiger partial charge in [0.05, 0.1) is 18.2 Å². The maximum atomic E-state index is 10.5. The summed E-state index contributed by atoms with van der Waals surface area (Å²) in [5, 5.41) is 12.2. The van der Waals surface area contributed by atoms with Gasteiger partial charge >= 0.3 is 5.97 Å². The van der Waals surface area contributed by atoms with E-state index in [4.69, 9.17) is 5.11 Å². The van der Waals surface area contributed by atoms with Gasteiger partial charge in [0.25, 0.3) is 0 Å². The van der Waals surface area contributed by atoms with E-state index in [9.17, 15) is 4.79 Å². The van der Waals surface area contributed by atoms with Gasteiger partial charge in [-0.25, -0.2) is 9.78 Å². The molecule has 0 amide bonds. The van der Waals surface area contributed by atoms with Gasteiger partial charge in [0.1, 0.15) is 5.69 Å². The largest absolute Gasteiger partial charge is 0.475 e. The first-order valence-electron chi connectivity index (χ1n) is 3.85. The zero-order valence-corrected chi connectivity index (χ0v) is 7.34. The van der Waals surface area contributed by atoms with Gasteiger partial charge in [0.15, 0.2) is 0 Å². The third kappa shape index (κ3) is 1.26. The summed E-state index contributed by atoms with van der Waals surface area (Å²) in [5.41, 5.74) is 1.17. The quantitative estimate of drug-likeness (QED) is 0.761. The molecule has 2 aromatic heterocycles. The number of rotatable bonds is 2. The van der Waals surface area contributed by atoms with E-state index in [2.05, 4.69) is 14.7 Å². The molecule has 0 bridgehead atoms. The van der Waals surface area contributed by atoms with Crippen LogP contribution >= 0.6 is 0 Å². The van der Waals surface area contributed by atoms with Crippen molar-refractivity contribution in [3.63, 3.8) is 0 Å². The molecule has 14 heavy (non-hydrogen) atoms. The lowest BCUT2D eigenvalue weighted by molar-refractivity contribution is 0.0652. The molecule has 0 radical (unpaired) electrons. The molecule has 6 heteroatoms. The number of aromatic nitrogens is 3. The summed E-state index contributed by atoms with van der Waals surface area (Å²) in [6, 6.07) is 1.36. The molecule has 2 heterocycles. The lowest BCUT2D eigenvalue weighted by Crippen LogP contribution is -1.92. The Bertz CT molecular complexity index is 472. The summed E-state index contributed by atoms with van der Waals surface area (Å²) < 4.78 is 6.34. The Kier molecular flexibility index (Phi) is 1.81. The van der Waals surface area contributed by atoms with Crippen LogP contribution in [-0.2, 0) is 7.05 Å². The normalized spacial score (nSPS) is 10.4. The Labute approximate surface area is 78.8 Å². The summed E-state index contributed by atoms with van der Waals surface area (Å²) in [6.45, 7) is 0. The summed E-state index contributed by atoms with van der Waals surface area (Å²) in [6.07, 6.45) is 3.19. The number of imidazole rings is 1. The van der Waals surface area contributed by atoms with E-state index in [1.165, 1.54) is 6.07 Å². The Morgan fingerprint density at radius 1 is 1.64 bits per heavy atom. The molecule has 72 valence electrons. The molecule has 0 aliphatic carbocycles. The van der Waals surface area contributed by atoms with Gasteiger partial charge in [-0.3, -0.25) is 0 Å². The van der Waals surface area contributed by atoms with Gasteiger partial charge in [0.2, 0.25) is 5.76 Å². The minimum Gasteiger partial charge on any atom is -0.475 e. The van der Waals surface area contributed by atoms with Gasteiger partial charge in [-0.1, -0.05) is 5.16 Å². The van der Waals surface area contributed by atoms with Crippen molar-refractivity contribution in [3.8, 4) is 11.4 Å². The molecule has 2 rings (SSSR count). The summed E-state index contributed by atoms with van der Waals surface area (Å²) in [4.78, 5) is 14.4. The number of aromatic carboxylic acids is 1. The fourth-order valence-corrected chi connectivity index (χ4v) is 1.10. The second-order valence-electron chi connectivity index (χ2n) is 2.77. The molecule has 0 saturated heterocycles. The number of carbonyl (C=O) groups is 1. The average molecular weight is 193 g/mol. The molecule has 0 unspecified atom stereocenters. The third-order valence-electron chi connectivity index (χ3n) is 1.80. The van der Waals surface area contributed by atoms with Gasteiger partial charge in [-0.2, -0.15) is 0 Å². The van der Waals surface area contributed by atoms with E-state index in [0.29, 0.717) is 11.4 Å². The van der Waals surface area contributed by atoms with Crippen molar-refractivity contribution in [1.29, 1.82) is 0 Å². The van der Waals surface area contributed by atoms with Crippen LogP contribution < -0.4 is 0 Å². The van der Waals surface area contributed by atoms with Crippen molar-refractivity contribution in [2.45, 2.75) is 0 Å². The first-order chi connectivity index (χ1) is 6.68. The minimum absolute atomic E-state index is 0.179. The molecule has 0 spiro atoms. The highest BCUT2D eigenvalue weighted by atomic mass is 16.5. The predicted octanol–water partition coefficient (Wildman–Crippen LogP) is 0.773. The lowest BCUT2D eigenvalue weighted by Gasteiger charge is -1.93. The molecule has 0 aromatic carbocycles. The van der Waals surface area contributed by atoms with Crippen molar-refractivity contribution in [2.24, 2.45) is 7.05 Å². The van der Waals surface area contributed by atoms with Crippen LogP contribution in [0.5, 0.6) is 0 Å². The zero-order valence-electron chi connectivity index (χ0n) is 7.34. The van der Waals surface area contributed by atoms with Crippen LogP contribution in [-0.4, -0.2) is 25.8 Å². The molecule has 2 aromatic rings. The maximum Gasteiger partial charge on any atom is 0.374 e. The van der Waals surface area contributed by atoms with Crippen LogP contribution in [0.25, 0.3) is 11.4 Å². The van der Waals surface area contributed by atoms with E-state index >= 15 is 0 Å². The van der Waals surface area contributed by atoms with Crippen LogP contribution in [0.15, 0.2) is 23.1 Å². The molecule has 1 N–H and O–H groups in total. The van der Waals surface area contributed by atoms with Crippen molar-refractivity contribution < 1.29 is 14.4 Å². The van der Waals surface area contributed by atoms with E-state index in [0.717, 1.165) is 0 Å². The van der Waals surface area contributed by atoms with Crippen LogP contribution in [0, 0.1) is 0 Å².